The second kappa shape index (κ2) is 5.10. The third-order valence-electron chi connectivity index (χ3n) is 2.37. The molecule has 1 aromatic carbocycles. The Morgan fingerprint density at radius 3 is 2.89 bits per heavy atom. The molecule has 0 saturated heterocycles. The fourth-order valence-electron chi connectivity index (χ4n) is 1.46. The molecule has 1 heterocycles. The number of hydrogen-bond donors (Lipinski definition) is 2. The number of hydroxylamine groups is 1. The van der Waals surface area contributed by atoms with Gasteiger partial charge >= 0.3 is 5.97 Å². The van der Waals surface area contributed by atoms with Crippen LogP contribution in [0.1, 0.15) is 23.8 Å². The van der Waals surface area contributed by atoms with E-state index >= 15 is 0 Å². The zero-order valence-electron chi connectivity index (χ0n) is 9.62. The predicted molar refractivity (Wildman–Crippen MR) is 67.2 cm³/mol. The summed E-state index contributed by atoms with van der Waals surface area (Å²) in [5, 5.41) is 1.40. The number of H-pyrrole nitrogens is 1. The summed E-state index contributed by atoms with van der Waals surface area (Å²) in [4.78, 5) is 30.0. The van der Waals surface area contributed by atoms with Crippen LogP contribution in [-0.4, -0.2) is 16.9 Å². The average Bonchev–Trinajstić information content (AvgIpc) is 2.78. The van der Waals surface area contributed by atoms with Crippen molar-refractivity contribution in [3.8, 4) is 0 Å². The smallest absolute Gasteiger partial charge is 0.331 e. The molecule has 18 heavy (non-hydrogen) atoms. The van der Waals surface area contributed by atoms with Gasteiger partial charge in [-0.2, -0.15) is 5.48 Å². The normalized spacial score (nSPS) is 10.3. The minimum Gasteiger partial charge on any atom is -0.350 e. The standard InChI is InChI=1S/C12H11ClN2O3/c1-2-11(16)18-15-12(17)10-6-7-5-8(13)3-4-9(7)14-10/h3-6,14H,2H2,1H3,(H,15,17). The molecule has 0 unspecified atom stereocenters. The second-order valence-electron chi connectivity index (χ2n) is 3.67. The van der Waals surface area contributed by atoms with Gasteiger partial charge < -0.3 is 9.82 Å². The van der Waals surface area contributed by atoms with E-state index < -0.39 is 11.9 Å². The minimum atomic E-state index is -0.510. The molecule has 1 aromatic heterocycles. The number of hydrogen-bond acceptors (Lipinski definition) is 3. The molecular weight excluding hydrogens is 256 g/mol. The molecule has 6 heteroatoms. The summed E-state index contributed by atoms with van der Waals surface area (Å²) in [6.07, 6.45) is 0.197. The monoisotopic (exact) mass is 266 g/mol. The Labute approximate surface area is 108 Å². The minimum absolute atomic E-state index is 0.197. The van der Waals surface area contributed by atoms with Gasteiger partial charge in [0, 0.05) is 22.3 Å². The van der Waals surface area contributed by atoms with E-state index in [4.69, 9.17) is 11.6 Å². The molecule has 0 aliphatic carbocycles. The van der Waals surface area contributed by atoms with E-state index in [1.165, 1.54) is 0 Å². The number of aromatic amines is 1. The van der Waals surface area contributed by atoms with Crippen molar-refractivity contribution in [3.05, 3.63) is 35.0 Å². The van der Waals surface area contributed by atoms with Gasteiger partial charge in [-0.25, -0.2) is 4.79 Å². The molecule has 0 radical (unpaired) electrons. The van der Waals surface area contributed by atoms with Crippen LogP contribution in [0, 0.1) is 0 Å². The summed E-state index contributed by atoms with van der Waals surface area (Å²) in [5.41, 5.74) is 3.16. The lowest BCUT2D eigenvalue weighted by molar-refractivity contribution is -0.148. The first kappa shape index (κ1) is 12.4. The van der Waals surface area contributed by atoms with Crippen LogP contribution in [0.4, 0.5) is 0 Å². The van der Waals surface area contributed by atoms with Gasteiger partial charge in [0.1, 0.15) is 5.69 Å². The van der Waals surface area contributed by atoms with E-state index in [1.807, 2.05) is 0 Å². The molecule has 0 saturated carbocycles. The van der Waals surface area contributed by atoms with Crippen LogP contribution in [0.3, 0.4) is 0 Å². The highest BCUT2D eigenvalue weighted by Gasteiger charge is 2.11. The summed E-state index contributed by atoms with van der Waals surface area (Å²) < 4.78 is 0. The van der Waals surface area contributed by atoms with Crippen molar-refractivity contribution in [3.63, 3.8) is 0 Å². The maximum atomic E-state index is 11.7. The first-order chi connectivity index (χ1) is 8.60. The molecule has 0 atom stereocenters. The molecule has 0 fully saturated rings. The Bertz CT molecular complexity index is 606. The Balaban J connectivity index is 2.15. The molecule has 0 aliphatic heterocycles. The molecular formula is C12H11ClN2O3. The van der Waals surface area contributed by atoms with Gasteiger partial charge in [-0.15, -0.1) is 0 Å². The third-order valence-corrected chi connectivity index (χ3v) is 2.61. The molecule has 2 N–H and O–H groups in total. The van der Waals surface area contributed by atoms with Gasteiger partial charge in [0.15, 0.2) is 0 Å². The first-order valence-electron chi connectivity index (χ1n) is 5.38. The zero-order valence-corrected chi connectivity index (χ0v) is 10.4. The number of nitrogens with one attached hydrogen (secondary N) is 2. The highest BCUT2D eigenvalue weighted by atomic mass is 35.5. The molecule has 2 aromatic rings. The number of halogens is 1. The largest absolute Gasteiger partial charge is 0.350 e. The number of carbonyl (C=O) groups excluding carboxylic acids is 2. The van der Waals surface area contributed by atoms with Crippen LogP contribution in [0.15, 0.2) is 24.3 Å². The van der Waals surface area contributed by atoms with Crippen molar-refractivity contribution in [1.82, 2.24) is 10.5 Å². The van der Waals surface area contributed by atoms with Crippen molar-refractivity contribution in [2.45, 2.75) is 13.3 Å². The number of amides is 1. The van der Waals surface area contributed by atoms with Crippen LogP contribution < -0.4 is 5.48 Å². The maximum Gasteiger partial charge on any atom is 0.331 e. The Morgan fingerprint density at radius 2 is 2.17 bits per heavy atom. The molecule has 94 valence electrons. The van der Waals surface area contributed by atoms with E-state index in [2.05, 4.69) is 15.3 Å². The quantitative estimate of drug-likeness (QED) is 0.820. The summed E-state index contributed by atoms with van der Waals surface area (Å²) in [6, 6.07) is 6.87. The van der Waals surface area contributed by atoms with E-state index in [-0.39, 0.29) is 6.42 Å². The topological polar surface area (TPSA) is 71.2 Å². The lowest BCUT2D eigenvalue weighted by Gasteiger charge is -2.02. The molecule has 0 bridgehead atoms. The number of rotatable bonds is 2. The molecule has 0 aliphatic rings. The Hall–Kier alpha value is -2.01. The lowest BCUT2D eigenvalue weighted by atomic mass is 10.2. The molecule has 5 nitrogen and oxygen atoms in total. The first-order valence-corrected chi connectivity index (χ1v) is 5.76. The van der Waals surface area contributed by atoms with E-state index in [9.17, 15) is 9.59 Å². The third kappa shape index (κ3) is 2.62. The number of fused-ring (bicyclic) bond motifs is 1. The Kier molecular flexibility index (Phi) is 3.53. The van der Waals surface area contributed by atoms with Crippen molar-refractivity contribution >= 4 is 34.4 Å². The van der Waals surface area contributed by atoms with Crippen LogP contribution in [0.25, 0.3) is 10.9 Å². The van der Waals surface area contributed by atoms with Crippen molar-refractivity contribution in [2.24, 2.45) is 0 Å². The van der Waals surface area contributed by atoms with Crippen LogP contribution >= 0.6 is 11.6 Å². The highest BCUT2D eigenvalue weighted by molar-refractivity contribution is 6.31. The van der Waals surface area contributed by atoms with Crippen molar-refractivity contribution in [2.75, 3.05) is 0 Å². The van der Waals surface area contributed by atoms with Gasteiger partial charge in [0.05, 0.1) is 0 Å². The number of benzene rings is 1. The van der Waals surface area contributed by atoms with E-state index in [1.54, 1.807) is 31.2 Å². The Morgan fingerprint density at radius 1 is 1.39 bits per heavy atom. The van der Waals surface area contributed by atoms with Crippen LogP contribution in [0.2, 0.25) is 5.02 Å². The number of carbonyl (C=O) groups is 2. The second-order valence-corrected chi connectivity index (χ2v) is 4.11. The zero-order chi connectivity index (χ0) is 13.1. The van der Waals surface area contributed by atoms with Gasteiger partial charge in [-0.05, 0) is 24.3 Å². The van der Waals surface area contributed by atoms with E-state index in [0.29, 0.717) is 10.7 Å². The van der Waals surface area contributed by atoms with Crippen LogP contribution in [-0.2, 0) is 9.63 Å². The maximum absolute atomic E-state index is 11.7. The van der Waals surface area contributed by atoms with Gasteiger partial charge in [-0.1, -0.05) is 18.5 Å². The lowest BCUT2D eigenvalue weighted by Crippen LogP contribution is -2.26. The summed E-state index contributed by atoms with van der Waals surface area (Å²) >= 11 is 5.85. The van der Waals surface area contributed by atoms with Gasteiger partial charge in [-0.3, -0.25) is 4.79 Å². The summed E-state index contributed by atoms with van der Waals surface area (Å²) in [6.45, 7) is 1.64. The SMILES string of the molecule is CCC(=O)ONC(=O)c1cc2cc(Cl)ccc2[nH]1. The van der Waals surface area contributed by atoms with E-state index in [0.717, 1.165) is 10.9 Å². The van der Waals surface area contributed by atoms with Gasteiger partial charge in [0.2, 0.25) is 0 Å². The van der Waals surface area contributed by atoms with Crippen molar-refractivity contribution in [1.29, 1.82) is 0 Å². The fraction of sp³-hybridized carbons (Fsp3) is 0.167. The van der Waals surface area contributed by atoms with Crippen molar-refractivity contribution < 1.29 is 14.4 Å². The number of aromatic nitrogens is 1. The fourth-order valence-corrected chi connectivity index (χ4v) is 1.64. The average molecular weight is 267 g/mol. The van der Waals surface area contributed by atoms with Crippen LogP contribution in [0.5, 0.6) is 0 Å². The molecule has 2 rings (SSSR count). The van der Waals surface area contributed by atoms with Gasteiger partial charge in [0.25, 0.3) is 5.91 Å². The summed E-state index contributed by atoms with van der Waals surface area (Å²) in [7, 11) is 0. The molecule has 1 amide bonds. The highest BCUT2D eigenvalue weighted by Crippen LogP contribution is 2.19. The molecule has 0 spiro atoms. The summed E-state index contributed by atoms with van der Waals surface area (Å²) in [5.74, 6) is -1.01. The predicted octanol–water partition coefficient (Wildman–Crippen LogP) is 2.42.